The third-order valence-corrected chi connectivity index (χ3v) is 5.28. The quantitative estimate of drug-likeness (QED) is 0.680. The third kappa shape index (κ3) is 4.53. The second kappa shape index (κ2) is 7.29. The number of amides is 2. The Bertz CT molecular complexity index is 717. The molecule has 0 radical (unpaired) electrons. The van der Waals surface area contributed by atoms with Gasteiger partial charge < -0.3 is 16.0 Å². The van der Waals surface area contributed by atoms with Crippen LogP contribution < -0.4 is 15.8 Å². The van der Waals surface area contributed by atoms with Crippen molar-refractivity contribution < 1.29 is 18.0 Å². The standard InChI is InChI=1S/C15H22N4O4S/c1-10(15(21)19-8-7-12(16)9-19)18-24(22,23)14-5-3-13(4-6-14)17-11(2)20/h3-6,10,12,18H,7-9,16H2,1-2H3,(H,17,20)/t10?,12-/m1/s1. The topological polar surface area (TPSA) is 122 Å². The van der Waals surface area contributed by atoms with Crippen molar-refractivity contribution in [3.63, 3.8) is 0 Å². The van der Waals surface area contributed by atoms with Crippen LogP contribution in [0.1, 0.15) is 20.3 Å². The lowest BCUT2D eigenvalue weighted by Gasteiger charge is -2.21. The molecule has 132 valence electrons. The Balaban J connectivity index is 2.04. The third-order valence-electron chi connectivity index (χ3n) is 3.72. The van der Waals surface area contributed by atoms with E-state index >= 15 is 0 Å². The first-order valence-electron chi connectivity index (χ1n) is 7.63. The van der Waals surface area contributed by atoms with Gasteiger partial charge in [-0.2, -0.15) is 4.72 Å². The van der Waals surface area contributed by atoms with E-state index in [0.717, 1.165) is 6.42 Å². The number of hydrogen-bond donors (Lipinski definition) is 3. The number of sulfonamides is 1. The molecule has 9 heteroatoms. The first-order valence-corrected chi connectivity index (χ1v) is 9.11. The summed E-state index contributed by atoms with van der Waals surface area (Å²) < 4.78 is 27.1. The van der Waals surface area contributed by atoms with Crippen molar-refractivity contribution in [3.05, 3.63) is 24.3 Å². The Hall–Kier alpha value is -1.97. The first kappa shape index (κ1) is 18.4. The molecule has 1 heterocycles. The normalized spacial score (nSPS) is 19.1. The summed E-state index contributed by atoms with van der Waals surface area (Å²) in [6.07, 6.45) is 0.718. The van der Waals surface area contributed by atoms with Crippen LogP contribution in [0.5, 0.6) is 0 Å². The molecule has 2 rings (SSSR count). The molecule has 24 heavy (non-hydrogen) atoms. The molecule has 1 saturated heterocycles. The average Bonchev–Trinajstić information content (AvgIpc) is 2.92. The van der Waals surface area contributed by atoms with Crippen molar-refractivity contribution in [3.8, 4) is 0 Å². The summed E-state index contributed by atoms with van der Waals surface area (Å²) in [6.45, 7) is 3.85. The highest BCUT2D eigenvalue weighted by atomic mass is 32.2. The molecule has 0 aromatic heterocycles. The minimum atomic E-state index is -3.83. The number of nitrogens with zero attached hydrogens (tertiary/aromatic N) is 1. The second-order valence-electron chi connectivity index (χ2n) is 5.88. The Morgan fingerprint density at radius 1 is 1.29 bits per heavy atom. The molecular formula is C15H22N4O4S. The SMILES string of the molecule is CC(=O)Nc1ccc(S(=O)(=O)NC(C)C(=O)N2CC[C@@H](N)C2)cc1. The largest absolute Gasteiger partial charge is 0.340 e. The minimum absolute atomic E-state index is 0.0226. The molecule has 1 unspecified atom stereocenters. The zero-order valence-corrected chi connectivity index (χ0v) is 14.5. The van der Waals surface area contributed by atoms with Crippen LogP contribution in [-0.4, -0.2) is 50.3 Å². The van der Waals surface area contributed by atoms with Gasteiger partial charge in [0.2, 0.25) is 21.8 Å². The van der Waals surface area contributed by atoms with Crippen LogP contribution in [0.15, 0.2) is 29.2 Å². The highest BCUT2D eigenvalue weighted by molar-refractivity contribution is 7.89. The van der Waals surface area contributed by atoms with Crippen molar-refractivity contribution in [2.45, 2.75) is 37.2 Å². The molecule has 0 saturated carbocycles. The fourth-order valence-electron chi connectivity index (χ4n) is 2.53. The minimum Gasteiger partial charge on any atom is -0.340 e. The second-order valence-corrected chi connectivity index (χ2v) is 7.60. The van der Waals surface area contributed by atoms with Crippen LogP contribution in [0.25, 0.3) is 0 Å². The number of nitrogens with one attached hydrogen (secondary N) is 2. The highest BCUT2D eigenvalue weighted by Gasteiger charge is 2.29. The predicted octanol–water partition coefficient (Wildman–Crippen LogP) is -0.129. The highest BCUT2D eigenvalue weighted by Crippen LogP contribution is 2.15. The van der Waals surface area contributed by atoms with Gasteiger partial charge in [0.1, 0.15) is 0 Å². The predicted molar refractivity (Wildman–Crippen MR) is 89.7 cm³/mol. The number of carbonyl (C=O) groups is 2. The lowest BCUT2D eigenvalue weighted by Crippen LogP contribution is -2.46. The zero-order chi connectivity index (χ0) is 17.9. The van der Waals surface area contributed by atoms with Crippen LogP contribution in [0.4, 0.5) is 5.69 Å². The number of carbonyl (C=O) groups excluding carboxylic acids is 2. The molecule has 1 aliphatic heterocycles. The summed E-state index contributed by atoms with van der Waals surface area (Å²) in [4.78, 5) is 24.8. The van der Waals surface area contributed by atoms with Gasteiger partial charge in [0.15, 0.2) is 0 Å². The van der Waals surface area contributed by atoms with E-state index in [1.165, 1.54) is 38.1 Å². The number of nitrogens with two attached hydrogens (primary N) is 1. The summed E-state index contributed by atoms with van der Waals surface area (Å²) >= 11 is 0. The van der Waals surface area contributed by atoms with E-state index in [2.05, 4.69) is 10.0 Å². The van der Waals surface area contributed by atoms with E-state index in [0.29, 0.717) is 18.8 Å². The fourth-order valence-corrected chi connectivity index (χ4v) is 3.73. The maximum absolute atomic E-state index is 12.4. The van der Waals surface area contributed by atoms with Gasteiger partial charge >= 0.3 is 0 Å². The van der Waals surface area contributed by atoms with Gasteiger partial charge in [-0.15, -0.1) is 0 Å². The van der Waals surface area contributed by atoms with Crippen molar-refractivity contribution in [2.24, 2.45) is 5.73 Å². The fraction of sp³-hybridized carbons (Fsp3) is 0.467. The molecule has 0 bridgehead atoms. The summed E-state index contributed by atoms with van der Waals surface area (Å²) in [6, 6.07) is 4.78. The molecule has 1 fully saturated rings. The lowest BCUT2D eigenvalue weighted by atomic mass is 10.3. The molecule has 4 N–H and O–H groups in total. The Kier molecular flexibility index (Phi) is 5.58. The molecule has 1 aliphatic rings. The summed E-state index contributed by atoms with van der Waals surface area (Å²) in [5.41, 5.74) is 6.26. The van der Waals surface area contributed by atoms with Gasteiger partial charge in [-0.1, -0.05) is 0 Å². The van der Waals surface area contributed by atoms with E-state index in [4.69, 9.17) is 5.73 Å². The first-order chi connectivity index (χ1) is 11.2. The molecular weight excluding hydrogens is 332 g/mol. The number of likely N-dealkylation sites (tertiary alicyclic amines) is 1. The van der Waals surface area contributed by atoms with Crippen molar-refractivity contribution in [2.75, 3.05) is 18.4 Å². The Morgan fingerprint density at radius 3 is 2.42 bits per heavy atom. The Morgan fingerprint density at radius 2 is 1.92 bits per heavy atom. The zero-order valence-electron chi connectivity index (χ0n) is 13.7. The molecule has 0 spiro atoms. The van der Waals surface area contributed by atoms with Crippen molar-refractivity contribution in [1.29, 1.82) is 0 Å². The molecule has 1 aromatic carbocycles. The number of benzene rings is 1. The monoisotopic (exact) mass is 354 g/mol. The van der Waals surface area contributed by atoms with Crippen LogP contribution in [-0.2, 0) is 19.6 Å². The van der Waals surface area contributed by atoms with Crippen LogP contribution in [0, 0.1) is 0 Å². The van der Waals surface area contributed by atoms with E-state index < -0.39 is 16.1 Å². The van der Waals surface area contributed by atoms with E-state index in [9.17, 15) is 18.0 Å². The smallest absolute Gasteiger partial charge is 0.241 e. The van der Waals surface area contributed by atoms with Crippen molar-refractivity contribution >= 4 is 27.5 Å². The molecule has 0 aliphatic carbocycles. The van der Waals surface area contributed by atoms with Gasteiger partial charge in [-0.3, -0.25) is 9.59 Å². The van der Waals surface area contributed by atoms with E-state index in [1.54, 1.807) is 4.90 Å². The van der Waals surface area contributed by atoms with Crippen LogP contribution in [0.2, 0.25) is 0 Å². The lowest BCUT2D eigenvalue weighted by molar-refractivity contribution is -0.131. The van der Waals surface area contributed by atoms with Crippen molar-refractivity contribution in [1.82, 2.24) is 9.62 Å². The Labute approximate surface area is 141 Å². The summed E-state index contributed by atoms with van der Waals surface area (Å²) in [5.74, 6) is -0.534. The van der Waals surface area contributed by atoms with Crippen LogP contribution in [0.3, 0.4) is 0 Å². The van der Waals surface area contributed by atoms with Gasteiger partial charge in [-0.25, -0.2) is 8.42 Å². The summed E-state index contributed by atoms with van der Waals surface area (Å²) in [7, 11) is -3.83. The number of hydrogen-bond acceptors (Lipinski definition) is 5. The number of anilines is 1. The maximum atomic E-state index is 12.4. The average molecular weight is 354 g/mol. The van der Waals surface area contributed by atoms with Gasteiger partial charge in [-0.05, 0) is 37.6 Å². The van der Waals surface area contributed by atoms with Gasteiger partial charge in [0.05, 0.1) is 10.9 Å². The summed E-state index contributed by atoms with van der Waals surface area (Å²) in [5, 5.41) is 2.56. The van der Waals surface area contributed by atoms with E-state index in [-0.39, 0.29) is 22.8 Å². The molecule has 1 aromatic rings. The molecule has 2 atom stereocenters. The molecule has 8 nitrogen and oxygen atoms in total. The van der Waals surface area contributed by atoms with Crippen LogP contribution >= 0.6 is 0 Å². The molecule has 2 amide bonds. The maximum Gasteiger partial charge on any atom is 0.241 e. The van der Waals surface area contributed by atoms with E-state index in [1.807, 2.05) is 0 Å². The van der Waals surface area contributed by atoms with Gasteiger partial charge in [0, 0.05) is 31.7 Å². The van der Waals surface area contributed by atoms with Gasteiger partial charge in [0.25, 0.3) is 0 Å². The number of rotatable bonds is 5.